The van der Waals surface area contributed by atoms with E-state index in [0.717, 1.165) is 35.9 Å². The molecule has 0 bridgehead atoms. The fourth-order valence-corrected chi connectivity index (χ4v) is 2.83. The third-order valence-electron chi connectivity index (χ3n) is 4.00. The first kappa shape index (κ1) is 21.9. The molecule has 1 aromatic carbocycles. The number of hydrogen-bond donors (Lipinski definition) is 2. The van der Waals surface area contributed by atoms with Crippen LogP contribution in [0.15, 0.2) is 23.2 Å². The van der Waals surface area contributed by atoms with Gasteiger partial charge in [0.2, 0.25) is 0 Å². The summed E-state index contributed by atoms with van der Waals surface area (Å²) in [4.78, 5) is 4.26. The molecule has 0 saturated heterocycles. The van der Waals surface area contributed by atoms with Crippen LogP contribution in [0.4, 0.5) is 0 Å². The van der Waals surface area contributed by atoms with Crippen molar-refractivity contribution < 1.29 is 9.47 Å². The largest absolute Gasteiger partial charge is 0.493 e. The van der Waals surface area contributed by atoms with Crippen molar-refractivity contribution >= 4 is 29.9 Å². The lowest BCUT2D eigenvalue weighted by Gasteiger charge is -2.24. The molecule has 2 rings (SSSR count). The van der Waals surface area contributed by atoms with Gasteiger partial charge >= 0.3 is 0 Å². The second kappa shape index (κ2) is 10.1. The molecule has 142 valence electrons. The van der Waals surface area contributed by atoms with Gasteiger partial charge in [0.15, 0.2) is 17.5 Å². The Morgan fingerprint density at radius 1 is 1.20 bits per heavy atom. The van der Waals surface area contributed by atoms with Gasteiger partial charge in [-0.25, -0.2) is 0 Å². The zero-order valence-corrected chi connectivity index (χ0v) is 18.3. The highest BCUT2D eigenvalue weighted by atomic mass is 127. The highest BCUT2D eigenvalue weighted by Crippen LogP contribution is 2.32. The van der Waals surface area contributed by atoms with Crippen LogP contribution in [0.5, 0.6) is 11.5 Å². The van der Waals surface area contributed by atoms with Gasteiger partial charge < -0.3 is 20.1 Å². The number of methoxy groups -OCH3 is 1. The van der Waals surface area contributed by atoms with Crippen molar-refractivity contribution in [2.24, 2.45) is 4.99 Å². The Kier molecular flexibility index (Phi) is 8.82. The Labute approximate surface area is 169 Å². The number of benzene rings is 1. The lowest BCUT2D eigenvalue weighted by Crippen LogP contribution is -2.47. The van der Waals surface area contributed by atoms with Crippen LogP contribution in [0.2, 0.25) is 0 Å². The van der Waals surface area contributed by atoms with Gasteiger partial charge in [0.05, 0.1) is 13.2 Å². The van der Waals surface area contributed by atoms with Gasteiger partial charge in [0.1, 0.15) is 0 Å². The molecule has 25 heavy (non-hydrogen) atoms. The summed E-state index contributed by atoms with van der Waals surface area (Å²) in [6.45, 7) is 7.00. The predicted octanol–water partition coefficient (Wildman–Crippen LogP) is 4.10. The average Bonchev–Trinajstić information content (AvgIpc) is 3.04. The van der Waals surface area contributed by atoms with Crippen molar-refractivity contribution in [3.05, 3.63) is 23.8 Å². The molecule has 0 unspecified atom stereocenters. The van der Waals surface area contributed by atoms with E-state index >= 15 is 0 Å². The van der Waals surface area contributed by atoms with Crippen molar-refractivity contribution in [1.82, 2.24) is 10.6 Å². The van der Waals surface area contributed by atoms with E-state index < -0.39 is 0 Å². The fourth-order valence-electron chi connectivity index (χ4n) is 2.83. The zero-order chi connectivity index (χ0) is 17.6. The molecule has 0 aromatic heterocycles. The Balaban J connectivity index is 0.00000312. The molecule has 0 radical (unpaired) electrons. The molecule has 0 aliphatic heterocycles. The smallest absolute Gasteiger partial charge is 0.191 e. The minimum atomic E-state index is -0.0293. The van der Waals surface area contributed by atoms with Gasteiger partial charge in [-0.2, -0.15) is 0 Å². The van der Waals surface area contributed by atoms with Gasteiger partial charge in [-0.05, 0) is 64.2 Å². The number of nitrogens with one attached hydrogen (secondary N) is 2. The number of nitrogens with zero attached hydrogens (tertiary/aromatic N) is 1. The highest BCUT2D eigenvalue weighted by molar-refractivity contribution is 14.0. The van der Waals surface area contributed by atoms with E-state index in [1.165, 1.54) is 12.8 Å². The van der Waals surface area contributed by atoms with Crippen molar-refractivity contribution in [1.29, 1.82) is 0 Å². The van der Waals surface area contributed by atoms with E-state index in [-0.39, 0.29) is 29.5 Å². The minimum absolute atomic E-state index is 0. The maximum Gasteiger partial charge on any atom is 0.191 e. The summed E-state index contributed by atoms with van der Waals surface area (Å²) in [5, 5.41) is 6.68. The van der Waals surface area contributed by atoms with Crippen molar-refractivity contribution in [3.8, 4) is 11.5 Å². The average molecular weight is 461 g/mol. The molecule has 1 saturated carbocycles. The minimum Gasteiger partial charge on any atom is -0.493 e. The van der Waals surface area contributed by atoms with Gasteiger partial charge in [-0.1, -0.05) is 6.07 Å². The van der Waals surface area contributed by atoms with E-state index in [1.807, 2.05) is 12.1 Å². The molecular formula is C19H32IN3O2. The van der Waals surface area contributed by atoms with Crippen LogP contribution in [0.3, 0.4) is 0 Å². The summed E-state index contributed by atoms with van der Waals surface area (Å²) < 4.78 is 11.6. The fraction of sp³-hybridized carbons (Fsp3) is 0.632. The number of aliphatic imine (C=N–C) groups is 1. The molecule has 1 aliphatic rings. The highest BCUT2D eigenvalue weighted by Gasteiger charge is 2.18. The molecule has 2 N–H and O–H groups in total. The van der Waals surface area contributed by atoms with Crippen molar-refractivity contribution in [3.63, 3.8) is 0 Å². The van der Waals surface area contributed by atoms with E-state index in [1.54, 1.807) is 14.2 Å². The molecule has 0 heterocycles. The molecule has 1 aromatic rings. The van der Waals surface area contributed by atoms with Crippen molar-refractivity contribution in [2.75, 3.05) is 14.2 Å². The van der Waals surface area contributed by atoms with Gasteiger partial charge in [-0.3, -0.25) is 4.99 Å². The van der Waals surface area contributed by atoms with Crippen LogP contribution in [0.25, 0.3) is 0 Å². The molecule has 5 nitrogen and oxygen atoms in total. The topological polar surface area (TPSA) is 54.9 Å². The first-order chi connectivity index (χ1) is 11.4. The van der Waals surface area contributed by atoms with Crippen LogP contribution in [-0.2, 0) is 6.54 Å². The Morgan fingerprint density at radius 2 is 1.88 bits per heavy atom. The summed E-state index contributed by atoms with van der Waals surface area (Å²) >= 11 is 0. The quantitative estimate of drug-likeness (QED) is 0.394. The van der Waals surface area contributed by atoms with Gasteiger partial charge in [0, 0.05) is 19.1 Å². The third-order valence-corrected chi connectivity index (χ3v) is 4.00. The standard InChI is InChI=1S/C19H31N3O2.HI/c1-19(2,3)22-18(20-4)21-13-14-10-11-16(17(12-14)23-5)24-15-8-6-7-9-15;/h10-12,15H,6-9,13H2,1-5H3,(H2,20,21,22);1H. The van der Waals surface area contributed by atoms with Crippen LogP contribution in [0.1, 0.15) is 52.0 Å². The van der Waals surface area contributed by atoms with Gasteiger partial charge in [-0.15, -0.1) is 24.0 Å². The second-order valence-corrected chi connectivity index (χ2v) is 7.31. The second-order valence-electron chi connectivity index (χ2n) is 7.31. The Morgan fingerprint density at radius 3 is 2.44 bits per heavy atom. The number of ether oxygens (including phenoxy) is 2. The Bertz CT molecular complexity index is 564. The molecule has 0 atom stereocenters. The van der Waals surface area contributed by atoms with Crippen LogP contribution in [-0.4, -0.2) is 31.8 Å². The van der Waals surface area contributed by atoms with Gasteiger partial charge in [0.25, 0.3) is 0 Å². The number of guanidine groups is 1. The maximum absolute atomic E-state index is 6.08. The summed E-state index contributed by atoms with van der Waals surface area (Å²) in [5.41, 5.74) is 1.10. The first-order valence-corrected chi connectivity index (χ1v) is 8.73. The summed E-state index contributed by atoms with van der Waals surface area (Å²) in [6, 6.07) is 6.11. The molecular weight excluding hydrogens is 429 g/mol. The number of hydrogen-bond acceptors (Lipinski definition) is 3. The van der Waals surface area contributed by atoms with Crippen LogP contribution >= 0.6 is 24.0 Å². The monoisotopic (exact) mass is 461 g/mol. The van der Waals surface area contributed by atoms with E-state index in [0.29, 0.717) is 12.6 Å². The van der Waals surface area contributed by atoms with Crippen LogP contribution < -0.4 is 20.1 Å². The van der Waals surface area contributed by atoms with E-state index in [2.05, 4.69) is 42.5 Å². The zero-order valence-electron chi connectivity index (χ0n) is 16.0. The Hall–Kier alpha value is -1.18. The lowest BCUT2D eigenvalue weighted by molar-refractivity contribution is 0.200. The van der Waals surface area contributed by atoms with E-state index in [9.17, 15) is 0 Å². The third kappa shape index (κ3) is 7.30. The molecule has 0 amide bonds. The predicted molar refractivity (Wildman–Crippen MR) is 114 cm³/mol. The number of halogens is 1. The molecule has 6 heteroatoms. The first-order valence-electron chi connectivity index (χ1n) is 8.73. The maximum atomic E-state index is 6.08. The summed E-state index contributed by atoms with van der Waals surface area (Å²) in [6.07, 6.45) is 5.13. The van der Waals surface area contributed by atoms with Crippen LogP contribution in [0, 0.1) is 0 Å². The molecule has 0 spiro atoms. The lowest BCUT2D eigenvalue weighted by atomic mass is 10.1. The van der Waals surface area contributed by atoms with E-state index in [4.69, 9.17) is 9.47 Å². The number of rotatable bonds is 5. The van der Waals surface area contributed by atoms with Crippen molar-refractivity contribution in [2.45, 2.75) is 64.6 Å². The summed E-state index contributed by atoms with van der Waals surface area (Å²) in [5.74, 6) is 2.41. The normalized spacial score (nSPS) is 15.5. The molecule has 1 fully saturated rings. The SMILES string of the molecule is CN=C(NCc1ccc(OC2CCCC2)c(OC)c1)NC(C)(C)C.I. The summed E-state index contributed by atoms with van der Waals surface area (Å²) in [7, 11) is 3.47. The molecule has 1 aliphatic carbocycles.